The third-order valence-corrected chi connectivity index (χ3v) is 5.35. The van der Waals surface area contributed by atoms with E-state index in [0.717, 1.165) is 38.2 Å². The molecule has 24 heavy (non-hydrogen) atoms. The molecule has 0 spiro atoms. The maximum atomic E-state index is 12.5. The molecule has 6 heteroatoms. The summed E-state index contributed by atoms with van der Waals surface area (Å²) in [6.07, 6.45) is 1.25. The standard InChI is InChI=1S/C18H26N4O2/c1-18(20-14-23,22-9-7-19-8-10-22)16-11-17(24)21(13-16)12-15-5-3-2-4-6-15/h2-6,14,16,19H,7-13H2,1H3,(H,20,23). The van der Waals surface area contributed by atoms with Crippen LogP contribution in [0, 0.1) is 5.92 Å². The lowest BCUT2D eigenvalue weighted by Gasteiger charge is -2.46. The van der Waals surface area contributed by atoms with E-state index < -0.39 is 5.66 Å². The number of nitrogens with one attached hydrogen (secondary N) is 2. The summed E-state index contributed by atoms with van der Waals surface area (Å²) in [7, 11) is 0. The van der Waals surface area contributed by atoms with Crippen LogP contribution in [0.3, 0.4) is 0 Å². The van der Waals surface area contributed by atoms with E-state index in [1.54, 1.807) is 0 Å². The van der Waals surface area contributed by atoms with Crippen molar-refractivity contribution in [2.75, 3.05) is 32.7 Å². The van der Waals surface area contributed by atoms with Crippen molar-refractivity contribution < 1.29 is 9.59 Å². The van der Waals surface area contributed by atoms with E-state index in [2.05, 4.69) is 22.5 Å². The highest BCUT2D eigenvalue weighted by molar-refractivity contribution is 5.79. The molecule has 2 N–H and O–H groups in total. The lowest BCUT2D eigenvalue weighted by atomic mass is 9.90. The zero-order valence-electron chi connectivity index (χ0n) is 14.2. The number of likely N-dealkylation sites (tertiary alicyclic amines) is 1. The number of rotatable bonds is 6. The van der Waals surface area contributed by atoms with Crippen molar-refractivity contribution in [3.63, 3.8) is 0 Å². The number of carbonyl (C=O) groups is 2. The second-order valence-electron chi connectivity index (χ2n) is 6.81. The van der Waals surface area contributed by atoms with Gasteiger partial charge in [-0.05, 0) is 12.5 Å². The van der Waals surface area contributed by atoms with Gasteiger partial charge in [-0.15, -0.1) is 0 Å². The molecule has 130 valence electrons. The van der Waals surface area contributed by atoms with Crippen molar-refractivity contribution in [2.45, 2.75) is 25.6 Å². The highest BCUT2D eigenvalue weighted by Gasteiger charge is 2.45. The molecule has 0 aromatic heterocycles. The topological polar surface area (TPSA) is 64.7 Å². The molecular formula is C18H26N4O2. The Hall–Kier alpha value is -1.92. The van der Waals surface area contributed by atoms with E-state index in [1.807, 2.05) is 35.2 Å². The number of amides is 2. The third-order valence-electron chi connectivity index (χ3n) is 5.35. The van der Waals surface area contributed by atoms with Gasteiger partial charge in [0, 0.05) is 51.6 Å². The summed E-state index contributed by atoms with van der Waals surface area (Å²) in [5.41, 5.74) is 0.657. The Morgan fingerprint density at radius 3 is 2.67 bits per heavy atom. The highest BCUT2D eigenvalue weighted by atomic mass is 16.2. The van der Waals surface area contributed by atoms with E-state index in [0.29, 0.717) is 19.5 Å². The number of hydrogen-bond donors (Lipinski definition) is 2. The first kappa shape index (κ1) is 16.9. The van der Waals surface area contributed by atoms with Crippen molar-refractivity contribution in [1.29, 1.82) is 0 Å². The van der Waals surface area contributed by atoms with Crippen LogP contribution in [0.4, 0.5) is 0 Å². The van der Waals surface area contributed by atoms with Gasteiger partial charge in [0.2, 0.25) is 12.3 Å². The van der Waals surface area contributed by atoms with Crippen LogP contribution < -0.4 is 10.6 Å². The SMILES string of the molecule is CC(NC=O)(C1CC(=O)N(Cc2ccccc2)C1)N1CCNCC1. The van der Waals surface area contributed by atoms with Gasteiger partial charge in [0.15, 0.2) is 0 Å². The average Bonchev–Trinajstić information content (AvgIpc) is 2.98. The molecule has 1 aromatic rings. The quantitative estimate of drug-likeness (QED) is 0.741. The van der Waals surface area contributed by atoms with Crippen LogP contribution in [0.5, 0.6) is 0 Å². The Bertz CT molecular complexity index is 574. The molecule has 2 atom stereocenters. The minimum atomic E-state index is -0.481. The molecule has 0 saturated carbocycles. The fraction of sp³-hybridized carbons (Fsp3) is 0.556. The fourth-order valence-corrected chi connectivity index (χ4v) is 3.82. The minimum absolute atomic E-state index is 0.0945. The van der Waals surface area contributed by atoms with E-state index >= 15 is 0 Å². The van der Waals surface area contributed by atoms with Crippen LogP contribution in [0.25, 0.3) is 0 Å². The van der Waals surface area contributed by atoms with Crippen molar-refractivity contribution in [1.82, 2.24) is 20.4 Å². The van der Waals surface area contributed by atoms with Gasteiger partial charge in [-0.3, -0.25) is 14.5 Å². The number of hydrogen-bond acceptors (Lipinski definition) is 4. The molecule has 2 saturated heterocycles. The van der Waals surface area contributed by atoms with Gasteiger partial charge in [-0.25, -0.2) is 0 Å². The van der Waals surface area contributed by atoms with Gasteiger partial charge in [-0.1, -0.05) is 30.3 Å². The normalized spacial score (nSPS) is 24.6. The Kier molecular flexibility index (Phi) is 5.16. The predicted octanol–water partition coefficient (Wildman–Crippen LogP) is 0.403. The van der Waals surface area contributed by atoms with E-state index in [4.69, 9.17) is 0 Å². The summed E-state index contributed by atoms with van der Waals surface area (Å²) in [6, 6.07) is 10.0. The number of benzene rings is 1. The summed E-state index contributed by atoms with van der Waals surface area (Å²) in [4.78, 5) is 27.9. The first-order chi connectivity index (χ1) is 11.6. The molecule has 2 unspecified atom stereocenters. The number of carbonyl (C=O) groups excluding carboxylic acids is 2. The van der Waals surface area contributed by atoms with Gasteiger partial charge in [-0.2, -0.15) is 0 Å². The molecule has 2 amide bonds. The minimum Gasteiger partial charge on any atom is -0.340 e. The zero-order valence-corrected chi connectivity index (χ0v) is 14.2. The molecule has 2 fully saturated rings. The van der Waals surface area contributed by atoms with E-state index in [-0.39, 0.29) is 11.8 Å². The van der Waals surface area contributed by atoms with Crippen LogP contribution in [0.15, 0.2) is 30.3 Å². The van der Waals surface area contributed by atoms with Crippen molar-refractivity contribution >= 4 is 12.3 Å². The Morgan fingerprint density at radius 2 is 2.00 bits per heavy atom. The summed E-state index contributed by atoms with van der Waals surface area (Å²) < 4.78 is 0. The summed E-state index contributed by atoms with van der Waals surface area (Å²) >= 11 is 0. The van der Waals surface area contributed by atoms with Crippen molar-refractivity contribution in [3.8, 4) is 0 Å². The Balaban J connectivity index is 1.72. The monoisotopic (exact) mass is 330 g/mol. The van der Waals surface area contributed by atoms with Gasteiger partial charge in [0.25, 0.3) is 0 Å². The molecule has 6 nitrogen and oxygen atoms in total. The Labute approximate surface area is 143 Å². The van der Waals surface area contributed by atoms with Crippen LogP contribution in [-0.2, 0) is 16.1 Å². The van der Waals surface area contributed by atoms with Gasteiger partial charge >= 0.3 is 0 Å². The fourth-order valence-electron chi connectivity index (χ4n) is 3.82. The molecule has 0 aliphatic carbocycles. The first-order valence-electron chi connectivity index (χ1n) is 8.62. The van der Waals surface area contributed by atoms with E-state index in [9.17, 15) is 9.59 Å². The molecular weight excluding hydrogens is 304 g/mol. The first-order valence-corrected chi connectivity index (χ1v) is 8.62. The lowest BCUT2D eigenvalue weighted by Crippen LogP contribution is -2.65. The Morgan fingerprint density at radius 1 is 1.29 bits per heavy atom. The molecule has 3 rings (SSSR count). The maximum absolute atomic E-state index is 12.5. The molecule has 2 aliphatic rings. The van der Waals surface area contributed by atoms with Gasteiger partial charge in [0.05, 0.1) is 5.66 Å². The van der Waals surface area contributed by atoms with Crippen molar-refractivity contribution in [3.05, 3.63) is 35.9 Å². The number of piperazine rings is 1. The molecule has 0 radical (unpaired) electrons. The maximum Gasteiger partial charge on any atom is 0.223 e. The molecule has 2 heterocycles. The summed E-state index contributed by atoms with van der Waals surface area (Å²) in [5.74, 6) is 0.259. The third kappa shape index (κ3) is 3.44. The van der Waals surface area contributed by atoms with Gasteiger partial charge < -0.3 is 15.5 Å². The van der Waals surface area contributed by atoms with Crippen LogP contribution in [-0.4, -0.2) is 60.5 Å². The van der Waals surface area contributed by atoms with Crippen LogP contribution in [0.1, 0.15) is 18.9 Å². The number of nitrogens with zero attached hydrogens (tertiary/aromatic N) is 2. The lowest BCUT2D eigenvalue weighted by molar-refractivity contribution is -0.128. The summed E-state index contributed by atoms with van der Waals surface area (Å²) in [5, 5.41) is 6.35. The van der Waals surface area contributed by atoms with E-state index in [1.165, 1.54) is 0 Å². The van der Waals surface area contributed by atoms with Crippen molar-refractivity contribution in [2.24, 2.45) is 5.92 Å². The molecule has 0 bridgehead atoms. The molecule has 2 aliphatic heterocycles. The molecule has 1 aromatic carbocycles. The highest BCUT2D eigenvalue weighted by Crippen LogP contribution is 2.32. The summed E-state index contributed by atoms with van der Waals surface area (Å²) in [6.45, 7) is 6.93. The van der Waals surface area contributed by atoms with Crippen LogP contribution in [0.2, 0.25) is 0 Å². The smallest absolute Gasteiger partial charge is 0.223 e. The van der Waals surface area contributed by atoms with Gasteiger partial charge in [0.1, 0.15) is 0 Å². The zero-order chi connectivity index (χ0) is 17.0. The second kappa shape index (κ2) is 7.32. The van der Waals surface area contributed by atoms with Crippen LogP contribution >= 0.6 is 0 Å². The largest absolute Gasteiger partial charge is 0.340 e. The predicted molar refractivity (Wildman–Crippen MR) is 92.0 cm³/mol. The average molecular weight is 330 g/mol. The second-order valence-corrected chi connectivity index (χ2v) is 6.81.